The Morgan fingerprint density at radius 2 is 1.85 bits per heavy atom. The van der Waals surface area contributed by atoms with Crippen LogP contribution in [-0.4, -0.2) is 61.8 Å². The van der Waals surface area contributed by atoms with Crippen LogP contribution in [0.4, 0.5) is 0 Å². The summed E-state index contributed by atoms with van der Waals surface area (Å²) in [5, 5.41) is 3.30. The highest BCUT2D eigenvalue weighted by Crippen LogP contribution is 2.33. The van der Waals surface area contributed by atoms with Crippen molar-refractivity contribution in [2.75, 3.05) is 39.5 Å². The maximum Gasteiger partial charge on any atom is 0.340 e. The van der Waals surface area contributed by atoms with Crippen molar-refractivity contribution in [3.63, 3.8) is 0 Å². The van der Waals surface area contributed by atoms with Gasteiger partial charge in [0.15, 0.2) is 6.61 Å². The Morgan fingerprint density at radius 3 is 2.56 bits per heavy atom. The van der Waals surface area contributed by atoms with Crippen molar-refractivity contribution in [1.82, 2.24) is 10.2 Å². The van der Waals surface area contributed by atoms with E-state index in [-0.39, 0.29) is 23.6 Å². The number of hydrogen-bond acceptors (Lipinski definition) is 5. The molecule has 1 N–H and O–H groups in total. The molecule has 0 aromatic heterocycles. The van der Waals surface area contributed by atoms with Gasteiger partial charge in [-0.1, -0.05) is 43.0 Å². The summed E-state index contributed by atoms with van der Waals surface area (Å²) in [4.78, 5) is 26.8. The number of rotatable bonds is 6. The molecular weight excluding hydrogens is 368 g/mol. The van der Waals surface area contributed by atoms with Crippen LogP contribution in [0, 0.1) is 0 Å². The minimum Gasteiger partial charge on any atom is -0.452 e. The highest BCUT2D eigenvalue weighted by atomic mass is 35.5. The lowest BCUT2D eigenvalue weighted by Crippen LogP contribution is -2.59. The SMILES string of the molecule is O=C(COC(=O)c1ccccc1Cl)NCC1(N2CCOCC2)CCCCC1. The van der Waals surface area contributed by atoms with Gasteiger partial charge in [-0.05, 0) is 25.0 Å². The van der Waals surface area contributed by atoms with Crippen LogP contribution >= 0.6 is 11.6 Å². The molecule has 27 heavy (non-hydrogen) atoms. The molecule has 2 aliphatic rings. The lowest BCUT2D eigenvalue weighted by Gasteiger charge is -2.48. The molecule has 7 heteroatoms. The second-order valence-electron chi connectivity index (χ2n) is 7.22. The van der Waals surface area contributed by atoms with Gasteiger partial charge in [-0.3, -0.25) is 9.69 Å². The smallest absolute Gasteiger partial charge is 0.340 e. The number of carbonyl (C=O) groups excluding carboxylic acids is 2. The summed E-state index contributed by atoms with van der Waals surface area (Å²) in [6, 6.07) is 6.64. The summed E-state index contributed by atoms with van der Waals surface area (Å²) in [6.07, 6.45) is 5.75. The molecule has 1 aromatic carbocycles. The van der Waals surface area contributed by atoms with Crippen molar-refractivity contribution < 1.29 is 19.1 Å². The van der Waals surface area contributed by atoms with Crippen LogP contribution in [0.25, 0.3) is 0 Å². The Balaban J connectivity index is 1.52. The largest absolute Gasteiger partial charge is 0.452 e. The first-order chi connectivity index (χ1) is 13.1. The molecule has 1 amide bonds. The average molecular weight is 395 g/mol. The maximum atomic E-state index is 12.3. The first kappa shape index (κ1) is 20.1. The molecule has 0 unspecified atom stereocenters. The number of halogens is 1. The van der Waals surface area contributed by atoms with E-state index >= 15 is 0 Å². The van der Waals surface area contributed by atoms with Crippen LogP contribution in [0.2, 0.25) is 5.02 Å². The molecule has 0 radical (unpaired) electrons. The average Bonchev–Trinajstić information content (AvgIpc) is 2.72. The van der Waals surface area contributed by atoms with Crippen molar-refractivity contribution in [3.05, 3.63) is 34.9 Å². The molecule has 6 nitrogen and oxygen atoms in total. The Bertz CT molecular complexity index is 655. The predicted octanol–water partition coefficient (Wildman–Crippen LogP) is 2.65. The first-order valence-corrected chi connectivity index (χ1v) is 10.00. The Kier molecular flexibility index (Phi) is 7.10. The molecule has 1 aromatic rings. The molecule has 1 aliphatic heterocycles. The van der Waals surface area contributed by atoms with Crippen LogP contribution in [0.3, 0.4) is 0 Å². The third-order valence-electron chi connectivity index (χ3n) is 5.51. The third kappa shape index (κ3) is 5.21. The summed E-state index contributed by atoms with van der Waals surface area (Å²) in [5.41, 5.74) is 0.258. The van der Waals surface area contributed by atoms with Gasteiger partial charge < -0.3 is 14.8 Å². The molecule has 3 rings (SSSR count). The first-order valence-electron chi connectivity index (χ1n) is 9.62. The van der Waals surface area contributed by atoms with Crippen LogP contribution < -0.4 is 5.32 Å². The van der Waals surface area contributed by atoms with Gasteiger partial charge in [0.2, 0.25) is 0 Å². The highest BCUT2D eigenvalue weighted by Gasteiger charge is 2.38. The summed E-state index contributed by atoms with van der Waals surface area (Å²) in [6.45, 7) is 3.56. The van der Waals surface area contributed by atoms with Gasteiger partial charge in [-0.2, -0.15) is 0 Å². The summed E-state index contributed by atoms with van der Waals surface area (Å²) < 4.78 is 10.6. The minimum absolute atomic E-state index is 0.00949. The fourth-order valence-corrected chi connectivity index (χ4v) is 4.22. The zero-order valence-electron chi connectivity index (χ0n) is 15.5. The van der Waals surface area contributed by atoms with E-state index in [1.165, 1.54) is 19.3 Å². The molecule has 148 valence electrons. The summed E-state index contributed by atoms with van der Waals surface area (Å²) >= 11 is 5.98. The van der Waals surface area contributed by atoms with Gasteiger partial charge in [-0.15, -0.1) is 0 Å². The Morgan fingerprint density at radius 1 is 1.15 bits per heavy atom. The number of esters is 1. The van der Waals surface area contributed by atoms with Gasteiger partial charge in [0, 0.05) is 25.2 Å². The zero-order valence-corrected chi connectivity index (χ0v) is 16.3. The van der Waals surface area contributed by atoms with Crippen LogP contribution in [0.1, 0.15) is 42.5 Å². The van der Waals surface area contributed by atoms with E-state index in [0.717, 1.165) is 39.1 Å². The minimum atomic E-state index is -0.587. The fourth-order valence-electron chi connectivity index (χ4n) is 4.00. The molecule has 1 saturated carbocycles. The van der Waals surface area contributed by atoms with E-state index in [1.54, 1.807) is 24.3 Å². The van der Waals surface area contributed by atoms with Crippen LogP contribution in [-0.2, 0) is 14.3 Å². The number of benzene rings is 1. The normalized spacial score (nSPS) is 20.0. The lowest BCUT2D eigenvalue weighted by atomic mass is 9.79. The molecular formula is C20H27ClN2O4. The monoisotopic (exact) mass is 394 g/mol. The van der Waals surface area contributed by atoms with E-state index in [9.17, 15) is 9.59 Å². The molecule has 0 bridgehead atoms. The van der Waals surface area contributed by atoms with Gasteiger partial charge in [0.05, 0.1) is 23.8 Å². The van der Waals surface area contributed by atoms with Crippen molar-refractivity contribution >= 4 is 23.5 Å². The standard InChI is InChI=1S/C20H27ClN2O4/c21-17-7-3-2-6-16(17)19(25)27-14-18(24)22-15-20(8-4-1-5-9-20)23-10-12-26-13-11-23/h2-3,6-7H,1,4-5,8-15H2,(H,22,24). The van der Waals surface area contributed by atoms with E-state index in [4.69, 9.17) is 21.1 Å². The van der Waals surface area contributed by atoms with E-state index in [2.05, 4.69) is 10.2 Å². The van der Waals surface area contributed by atoms with Gasteiger partial charge in [-0.25, -0.2) is 4.79 Å². The topological polar surface area (TPSA) is 67.9 Å². The van der Waals surface area contributed by atoms with Gasteiger partial charge in [0.25, 0.3) is 5.91 Å². The van der Waals surface area contributed by atoms with E-state index < -0.39 is 5.97 Å². The van der Waals surface area contributed by atoms with E-state index in [1.807, 2.05) is 0 Å². The van der Waals surface area contributed by atoms with Gasteiger partial charge in [0.1, 0.15) is 0 Å². The Hall–Kier alpha value is -1.63. The predicted molar refractivity (Wildman–Crippen MR) is 103 cm³/mol. The number of ether oxygens (including phenoxy) is 2. The van der Waals surface area contributed by atoms with Crippen molar-refractivity contribution in [2.45, 2.75) is 37.6 Å². The lowest BCUT2D eigenvalue weighted by molar-refractivity contribution is -0.125. The second kappa shape index (κ2) is 9.53. The molecule has 0 atom stereocenters. The number of morpholine rings is 1. The second-order valence-corrected chi connectivity index (χ2v) is 7.62. The number of carbonyl (C=O) groups is 2. The summed E-state index contributed by atoms with van der Waals surface area (Å²) in [7, 11) is 0. The molecule has 1 aliphatic carbocycles. The van der Waals surface area contributed by atoms with Crippen molar-refractivity contribution in [1.29, 1.82) is 0 Å². The Labute approximate surface area is 165 Å². The number of hydrogen-bond donors (Lipinski definition) is 1. The fraction of sp³-hybridized carbons (Fsp3) is 0.600. The van der Waals surface area contributed by atoms with Crippen molar-refractivity contribution in [2.24, 2.45) is 0 Å². The highest BCUT2D eigenvalue weighted by molar-refractivity contribution is 6.33. The molecule has 1 heterocycles. The van der Waals surface area contributed by atoms with Crippen LogP contribution in [0.15, 0.2) is 24.3 Å². The number of nitrogens with zero attached hydrogens (tertiary/aromatic N) is 1. The maximum absolute atomic E-state index is 12.3. The van der Waals surface area contributed by atoms with Gasteiger partial charge >= 0.3 is 5.97 Å². The molecule has 2 fully saturated rings. The molecule has 0 spiro atoms. The summed E-state index contributed by atoms with van der Waals surface area (Å²) in [5.74, 6) is -0.870. The quantitative estimate of drug-likeness (QED) is 0.751. The molecule has 1 saturated heterocycles. The number of nitrogens with one attached hydrogen (secondary N) is 1. The van der Waals surface area contributed by atoms with Crippen LogP contribution in [0.5, 0.6) is 0 Å². The van der Waals surface area contributed by atoms with Crippen molar-refractivity contribution in [3.8, 4) is 0 Å². The zero-order chi connectivity index (χ0) is 19.1. The third-order valence-corrected chi connectivity index (χ3v) is 5.84. The van der Waals surface area contributed by atoms with E-state index in [0.29, 0.717) is 11.6 Å². The number of amides is 1.